The van der Waals surface area contributed by atoms with Crippen molar-refractivity contribution in [3.63, 3.8) is 0 Å². The van der Waals surface area contributed by atoms with E-state index in [0.717, 1.165) is 28.8 Å². The Labute approximate surface area is 206 Å². The molecule has 1 amide bonds. The molecule has 36 heavy (non-hydrogen) atoms. The van der Waals surface area contributed by atoms with E-state index in [2.05, 4.69) is 15.6 Å². The number of methoxy groups -OCH3 is 1. The number of nitrogens with zero attached hydrogens (tertiary/aromatic N) is 1. The molecule has 0 spiro atoms. The highest BCUT2D eigenvalue weighted by molar-refractivity contribution is 6.04. The van der Waals surface area contributed by atoms with Gasteiger partial charge in [-0.25, -0.2) is 4.98 Å². The minimum Gasteiger partial charge on any atom is -0.395 e. The predicted molar refractivity (Wildman–Crippen MR) is 129 cm³/mol. The molecule has 0 saturated carbocycles. The first kappa shape index (κ1) is 25.6. The van der Waals surface area contributed by atoms with Gasteiger partial charge in [-0.05, 0) is 66.1 Å². The maximum Gasteiger partial charge on any atom is 0.416 e. The van der Waals surface area contributed by atoms with Crippen LogP contribution in [0.4, 0.5) is 24.7 Å². The van der Waals surface area contributed by atoms with E-state index in [1.807, 2.05) is 25.1 Å². The molecule has 0 radical (unpaired) electrons. The Morgan fingerprint density at radius 1 is 1.17 bits per heavy atom. The van der Waals surface area contributed by atoms with Crippen molar-refractivity contribution in [2.45, 2.75) is 18.7 Å². The third-order valence-electron chi connectivity index (χ3n) is 6.03. The van der Waals surface area contributed by atoms with Crippen LogP contribution in [0.2, 0.25) is 0 Å². The summed E-state index contributed by atoms with van der Waals surface area (Å²) in [5, 5.41) is 15.0. The topological polar surface area (TPSA) is 92.7 Å². The Bertz CT molecular complexity index is 1250. The van der Waals surface area contributed by atoms with Crippen LogP contribution in [0.1, 0.15) is 27.2 Å². The summed E-state index contributed by atoms with van der Waals surface area (Å²) in [6.07, 6.45) is -4.54. The number of ether oxygens (including phenoxy) is 2. The van der Waals surface area contributed by atoms with Crippen LogP contribution >= 0.6 is 0 Å². The molecule has 1 aliphatic rings. The van der Waals surface area contributed by atoms with Crippen LogP contribution in [-0.2, 0) is 21.3 Å². The Morgan fingerprint density at radius 2 is 1.94 bits per heavy atom. The SMILES string of the molecule is COC1(c2cc(-c3cc(NC(=O)c4cccc(C(F)(F)F)c4)ccc3C)cc(NCCO)n2)COC1. The van der Waals surface area contributed by atoms with E-state index in [4.69, 9.17) is 9.47 Å². The maximum atomic E-state index is 13.1. The summed E-state index contributed by atoms with van der Waals surface area (Å²) in [5.41, 5.74) is 1.90. The van der Waals surface area contributed by atoms with E-state index >= 15 is 0 Å². The number of benzene rings is 2. The normalized spacial score (nSPS) is 14.7. The van der Waals surface area contributed by atoms with Crippen LogP contribution in [0.25, 0.3) is 11.1 Å². The van der Waals surface area contributed by atoms with Crippen LogP contribution in [-0.4, -0.2) is 49.5 Å². The fraction of sp³-hybridized carbons (Fsp3) is 0.308. The fourth-order valence-corrected chi connectivity index (χ4v) is 3.90. The molecule has 1 saturated heterocycles. The average molecular weight is 502 g/mol. The molecule has 1 fully saturated rings. The number of aliphatic hydroxyl groups excluding tert-OH is 1. The Kier molecular flexibility index (Phi) is 7.30. The molecule has 4 rings (SSSR count). The summed E-state index contributed by atoms with van der Waals surface area (Å²) in [7, 11) is 1.59. The predicted octanol–water partition coefficient (Wildman–Crippen LogP) is 4.60. The lowest BCUT2D eigenvalue weighted by Gasteiger charge is -2.39. The summed E-state index contributed by atoms with van der Waals surface area (Å²) < 4.78 is 50.2. The number of nitrogens with one attached hydrogen (secondary N) is 2. The van der Waals surface area contributed by atoms with E-state index in [1.165, 1.54) is 12.1 Å². The summed E-state index contributed by atoms with van der Waals surface area (Å²) >= 11 is 0. The smallest absolute Gasteiger partial charge is 0.395 e. The first-order valence-corrected chi connectivity index (χ1v) is 11.2. The number of hydrogen-bond donors (Lipinski definition) is 3. The standard InChI is InChI=1S/C26H26F3N3O4/c1-16-6-7-20(31-24(34)17-4-3-5-19(10-17)26(27,28)29)13-21(16)18-11-22(25(35-2)14-36-15-25)32-23(12-18)30-8-9-33/h3-7,10-13,33H,8-9,14-15H2,1-2H3,(H,30,32)(H,31,34). The van der Waals surface area contributed by atoms with Crippen LogP contribution in [0.15, 0.2) is 54.6 Å². The van der Waals surface area contributed by atoms with Crippen LogP contribution in [0.3, 0.4) is 0 Å². The Balaban J connectivity index is 1.67. The van der Waals surface area contributed by atoms with Gasteiger partial charge in [-0.2, -0.15) is 13.2 Å². The number of aryl methyl sites for hydroxylation is 1. The van der Waals surface area contributed by atoms with Gasteiger partial charge in [0, 0.05) is 24.9 Å². The molecule has 1 aliphatic heterocycles. The zero-order chi connectivity index (χ0) is 25.9. The number of carbonyl (C=O) groups excluding carboxylic acids is 1. The highest BCUT2D eigenvalue weighted by atomic mass is 19.4. The van der Waals surface area contributed by atoms with Crippen LogP contribution in [0, 0.1) is 6.92 Å². The molecular weight excluding hydrogens is 475 g/mol. The van der Waals surface area contributed by atoms with Gasteiger partial charge < -0.3 is 25.2 Å². The van der Waals surface area contributed by atoms with Gasteiger partial charge in [0.1, 0.15) is 5.82 Å². The van der Waals surface area contributed by atoms with Crippen LogP contribution < -0.4 is 10.6 Å². The third-order valence-corrected chi connectivity index (χ3v) is 6.03. The quantitative estimate of drug-likeness (QED) is 0.418. The van der Waals surface area contributed by atoms with Gasteiger partial charge >= 0.3 is 6.18 Å². The molecular formula is C26H26F3N3O4. The van der Waals surface area contributed by atoms with Gasteiger partial charge in [-0.15, -0.1) is 0 Å². The van der Waals surface area contributed by atoms with Gasteiger partial charge in [0.05, 0.1) is 31.1 Å². The summed E-state index contributed by atoms with van der Waals surface area (Å²) in [5.74, 6) is -0.112. The molecule has 0 bridgehead atoms. The average Bonchev–Trinajstić information content (AvgIpc) is 2.83. The van der Waals surface area contributed by atoms with Crippen molar-refractivity contribution < 1.29 is 32.5 Å². The van der Waals surface area contributed by atoms with Crippen molar-refractivity contribution in [3.8, 4) is 11.1 Å². The van der Waals surface area contributed by atoms with Crippen molar-refractivity contribution in [2.75, 3.05) is 44.1 Å². The van der Waals surface area contributed by atoms with Crippen molar-refractivity contribution in [1.82, 2.24) is 4.98 Å². The highest BCUT2D eigenvalue weighted by Crippen LogP contribution is 2.37. The second kappa shape index (κ2) is 10.3. The van der Waals surface area contributed by atoms with Crippen molar-refractivity contribution in [2.24, 2.45) is 0 Å². The fourth-order valence-electron chi connectivity index (χ4n) is 3.90. The Morgan fingerprint density at radius 3 is 2.58 bits per heavy atom. The van der Waals surface area contributed by atoms with Crippen molar-refractivity contribution in [3.05, 3.63) is 77.0 Å². The molecule has 3 aromatic rings. The molecule has 2 heterocycles. The first-order chi connectivity index (χ1) is 17.1. The third kappa shape index (κ3) is 5.35. The van der Waals surface area contributed by atoms with E-state index in [9.17, 15) is 23.1 Å². The lowest BCUT2D eigenvalue weighted by Crippen LogP contribution is -2.49. The number of anilines is 2. The second-order valence-electron chi connectivity index (χ2n) is 8.53. The molecule has 190 valence electrons. The summed E-state index contributed by atoms with van der Waals surface area (Å²) in [6, 6.07) is 13.2. The Hall–Kier alpha value is -3.47. The number of alkyl halides is 3. The van der Waals surface area contributed by atoms with Gasteiger partial charge in [-0.3, -0.25) is 4.79 Å². The number of aromatic nitrogens is 1. The maximum absolute atomic E-state index is 13.1. The van der Waals surface area contributed by atoms with E-state index in [-0.39, 0.29) is 12.2 Å². The first-order valence-electron chi connectivity index (χ1n) is 11.2. The molecule has 2 aromatic carbocycles. The summed E-state index contributed by atoms with van der Waals surface area (Å²) in [6.45, 7) is 2.85. The molecule has 10 heteroatoms. The van der Waals surface area contributed by atoms with Gasteiger partial charge in [0.25, 0.3) is 5.91 Å². The molecule has 0 unspecified atom stereocenters. The number of halogens is 3. The number of rotatable bonds is 8. The van der Waals surface area contributed by atoms with Gasteiger partial charge in [0.15, 0.2) is 5.60 Å². The van der Waals surface area contributed by atoms with Crippen molar-refractivity contribution >= 4 is 17.4 Å². The zero-order valence-corrected chi connectivity index (χ0v) is 19.8. The monoisotopic (exact) mass is 501 g/mol. The minimum atomic E-state index is -4.54. The second-order valence-corrected chi connectivity index (χ2v) is 8.53. The van der Waals surface area contributed by atoms with E-state index in [1.54, 1.807) is 19.2 Å². The van der Waals surface area contributed by atoms with Crippen molar-refractivity contribution in [1.29, 1.82) is 0 Å². The molecule has 0 aliphatic carbocycles. The van der Waals surface area contributed by atoms with Gasteiger partial charge in [-0.1, -0.05) is 12.1 Å². The number of hydrogen-bond acceptors (Lipinski definition) is 6. The number of pyridine rings is 1. The molecule has 7 nitrogen and oxygen atoms in total. The zero-order valence-electron chi connectivity index (χ0n) is 19.8. The summed E-state index contributed by atoms with van der Waals surface area (Å²) in [4.78, 5) is 17.4. The molecule has 0 atom stereocenters. The van der Waals surface area contributed by atoms with Gasteiger partial charge in [0.2, 0.25) is 0 Å². The largest absolute Gasteiger partial charge is 0.416 e. The lowest BCUT2D eigenvalue weighted by atomic mass is 9.92. The molecule has 3 N–H and O–H groups in total. The number of amides is 1. The minimum absolute atomic E-state index is 0.0736. The molecule has 1 aromatic heterocycles. The van der Waals surface area contributed by atoms with E-state index in [0.29, 0.717) is 37.0 Å². The van der Waals surface area contributed by atoms with E-state index < -0.39 is 23.2 Å². The number of aliphatic hydroxyl groups is 1. The van der Waals surface area contributed by atoms with Crippen LogP contribution in [0.5, 0.6) is 0 Å². The number of carbonyl (C=O) groups is 1. The highest BCUT2D eigenvalue weighted by Gasteiger charge is 2.42. The lowest BCUT2D eigenvalue weighted by molar-refractivity contribution is -0.204.